The van der Waals surface area contributed by atoms with Gasteiger partial charge in [0.15, 0.2) is 0 Å². The minimum atomic E-state index is 0.0316. The van der Waals surface area contributed by atoms with Gasteiger partial charge in [0, 0.05) is 6.54 Å². The highest BCUT2D eigenvalue weighted by Crippen LogP contribution is 2.23. The van der Waals surface area contributed by atoms with E-state index in [2.05, 4.69) is 5.32 Å². The first kappa shape index (κ1) is 9.97. The number of carbonyl (C=O) groups is 1. The Morgan fingerprint density at radius 2 is 1.93 bits per heavy atom. The van der Waals surface area contributed by atoms with E-state index in [0.717, 1.165) is 38.8 Å². The molecule has 1 N–H and O–H groups in total. The molecule has 3 heteroatoms. The summed E-state index contributed by atoms with van der Waals surface area (Å²) in [5.74, 6) is 0.147. The van der Waals surface area contributed by atoms with Crippen molar-refractivity contribution in [3.8, 4) is 0 Å². The Bertz CT molecular complexity index is 193. The van der Waals surface area contributed by atoms with Gasteiger partial charge < -0.3 is 10.1 Å². The zero-order chi connectivity index (χ0) is 9.80. The lowest BCUT2D eigenvalue weighted by molar-refractivity contribution is -0.154. The highest BCUT2D eigenvalue weighted by molar-refractivity contribution is 5.73. The van der Waals surface area contributed by atoms with Crippen molar-refractivity contribution >= 4 is 5.97 Å². The average molecular weight is 197 g/mol. The Hall–Kier alpha value is -0.570. The van der Waals surface area contributed by atoms with Crippen molar-refractivity contribution in [3.05, 3.63) is 0 Å². The molecule has 1 atom stereocenters. The van der Waals surface area contributed by atoms with Crippen LogP contribution in [0.2, 0.25) is 0 Å². The van der Waals surface area contributed by atoms with Crippen LogP contribution in [0.3, 0.4) is 0 Å². The molecule has 1 saturated carbocycles. The third-order valence-corrected chi connectivity index (χ3v) is 3.22. The maximum Gasteiger partial charge on any atom is 0.310 e. The first-order chi connectivity index (χ1) is 6.86. The van der Waals surface area contributed by atoms with Gasteiger partial charge in [-0.25, -0.2) is 0 Å². The van der Waals surface area contributed by atoms with Crippen LogP contribution in [0.25, 0.3) is 0 Å². The normalized spacial score (nSPS) is 29.0. The standard InChI is InChI=1S/C11H19NO2/c13-11(9-4-3-7-12-8-9)14-10-5-1-2-6-10/h9-10,12H,1-8H2/t9-/m1/s1. The Kier molecular flexibility index (Phi) is 3.40. The predicted octanol–water partition coefficient (Wildman–Crippen LogP) is 1.47. The molecule has 1 heterocycles. The van der Waals surface area contributed by atoms with Crippen molar-refractivity contribution in [1.82, 2.24) is 5.32 Å². The third-order valence-electron chi connectivity index (χ3n) is 3.22. The van der Waals surface area contributed by atoms with Gasteiger partial charge in [-0.05, 0) is 45.1 Å². The van der Waals surface area contributed by atoms with E-state index in [4.69, 9.17) is 4.74 Å². The minimum Gasteiger partial charge on any atom is -0.462 e. The lowest BCUT2D eigenvalue weighted by Crippen LogP contribution is -2.36. The Morgan fingerprint density at radius 3 is 2.57 bits per heavy atom. The fourth-order valence-corrected chi connectivity index (χ4v) is 2.32. The van der Waals surface area contributed by atoms with Crippen molar-refractivity contribution in [2.75, 3.05) is 13.1 Å². The highest BCUT2D eigenvalue weighted by Gasteiger charge is 2.26. The molecule has 0 aromatic heterocycles. The molecular formula is C11H19NO2. The Morgan fingerprint density at radius 1 is 1.14 bits per heavy atom. The summed E-state index contributed by atoms with van der Waals surface area (Å²) in [4.78, 5) is 11.7. The number of piperidine rings is 1. The molecule has 2 fully saturated rings. The van der Waals surface area contributed by atoms with E-state index in [-0.39, 0.29) is 18.0 Å². The quantitative estimate of drug-likeness (QED) is 0.681. The van der Waals surface area contributed by atoms with E-state index in [1.165, 1.54) is 12.8 Å². The van der Waals surface area contributed by atoms with Crippen LogP contribution in [0.4, 0.5) is 0 Å². The van der Waals surface area contributed by atoms with Crippen LogP contribution in [-0.2, 0) is 9.53 Å². The van der Waals surface area contributed by atoms with Crippen molar-refractivity contribution in [1.29, 1.82) is 0 Å². The molecule has 0 aromatic rings. The monoisotopic (exact) mass is 197 g/mol. The van der Waals surface area contributed by atoms with Crippen molar-refractivity contribution in [2.24, 2.45) is 5.92 Å². The molecule has 0 spiro atoms. The first-order valence-corrected chi connectivity index (χ1v) is 5.77. The van der Waals surface area contributed by atoms with Crippen LogP contribution < -0.4 is 5.32 Å². The summed E-state index contributed by atoms with van der Waals surface area (Å²) in [5, 5.41) is 3.24. The molecule has 0 radical (unpaired) electrons. The van der Waals surface area contributed by atoms with Crippen LogP contribution in [-0.4, -0.2) is 25.2 Å². The zero-order valence-corrected chi connectivity index (χ0v) is 8.63. The van der Waals surface area contributed by atoms with Gasteiger partial charge in [-0.2, -0.15) is 0 Å². The molecule has 14 heavy (non-hydrogen) atoms. The van der Waals surface area contributed by atoms with Gasteiger partial charge in [0.25, 0.3) is 0 Å². The number of nitrogens with one attached hydrogen (secondary N) is 1. The fourth-order valence-electron chi connectivity index (χ4n) is 2.32. The second kappa shape index (κ2) is 4.78. The van der Waals surface area contributed by atoms with E-state index in [1.807, 2.05) is 0 Å². The lowest BCUT2D eigenvalue weighted by atomic mass is 10.00. The molecular weight excluding hydrogens is 178 g/mol. The van der Waals surface area contributed by atoms with E-state index in [1.54, 1.807) is 0 Å². The molecule has 1 aliphatic carbocycles. The Balaban J connectivity index is 1.75. The first-order valence-electron chi connectivity index (χ1n) is 5.77. The van der Waals surface area contributed by atoms with E-state index < -0.39 is 0 Å². The average Bonchev–Trinajstić information content (AvgIpc) is 2.72. The number of hydrogen-bond donors (Lipinski definition) is 1. The molecule has 0 aromatic carbocycles. The highest BCUT2D eigenvalue weighted by atomic mass is 16.5. The van der Waals surface area contributed by atoms with Gasteiger partial charge in [0.2, 0.25) is 0 Å². The van der Waals surface area contributed by atoms with E-state index in [9.17, 15) is 4.79 Å². The maximum absolute atomic E-state index is 11.7. The fraction of sp³-hybridized carbons (Fsp3) is 0.909. The summed E-state index contributed by atoms with van der Waals surface area (Å²) in [6, 6.07) is 0. The summed E-state index contributed by atoms with van der Waals surface area (Å²) in [6.45, 7) is 1.86. The van der Waals surface area contributed by atoms with Crippen LogP contribution in [0.1, 0.15) is 38.5 Å². The van der Waals surface area contributed by atoms with Crippen molar-refractivity contribution < 1.29 is 9.53 Å². The topological polar surface area (TPSA) is 38.3 Å². The van der Waals surface area contributed by atoms with Crippen molar-refractivity contribution in [3.63, 3.8) is 0 Å². The summed E-state index contributed by atoms with van der Waals surface area (Å²) in [7, 11) is 0. The number of carbonyl (C=O) groups excluding carboxylic acids is 1. The molecule has 0 unspecified atom stereocenters. The number of esters is 1. The number of rotatable bonds is 2. The van der Waals surface area contributed by atoms with Crippen molar-refractivity contribution in [2.45, 2.75) is 44.6 Å². The van der Waals surface area contributed by atoms with Gasteiger partial charge in [0.1, 0.15) is 6.10 Å². The SMILES string of the molecule is O=C(OC1CCCC1)[C@@H]1CCCNC1. The summed E-state index contributed by atoms with van der Waals surface area (Å²) in [5.41, 5.74) is 0. The molecule has 1 aliphatic heterocycles. The smallest absolute Gasteiger partial charge is 0.310 e. The number of hydrogen-bond acceptors (Lipinski definition) is 3. The summed E-state index contributed by atoms with van der Waals surface area (Å²) >= 11 is 0. The van der Waals surface area contributed by atoms with E-state index in [0.29, 0.717) is 0 Å². The number of ether oxygens (including phenoxy) is 1. The molecule has 2 aliphatic rings. The molecule has 1 saturated heterocycles. The van der Waals surface area contributed by atoms with Gasteiger partial charge in [0.05, 0.1) is 5.92 Å². The van der Waals surface area contributed by atoms with Gasteiger partial charge in [-0.3, -0.25) is 4.79 Å². The van der Waals surface area contributed by atoms with Gasteiger partial charge >= 0.3 is 5.97 Å². The molecule has 2 rings (SSSR count). The van der Waals surface area contributed by atoms with Crippen LogP contribution in [0.15, 0.2) is 0 Å². The molecule has 3 nitrogen and oxygen atoms in total. The molecule has 0 bridgehead atoms. The third kappa shape index (κ3) is 2.47. The minimum absolute atomic E-state index is 0.0316. The largest absolute Gasteiger partial charge is 0.462 e. The second-order valence-corrected chi connectivity index (χ2v) is 4.39. The summed E-state index contributed by atoms with van der Waals surface area (Å²) in [6.07, 6.45) is 6.92. The zero-order valence-electron chi connectivity index (χ0n) is 8.63. The Labute approximate surface area is 85.2 Å². The van der Waals surface area contributed by atoms with Gasteiger partial charge in [-0.1, -0.05) is 0 Å². The second-order valence-electron chi connectivity index (χ2n) is 4.39. The van der Waals surface area contributed by atoms with Crippen LogP contribution in [0, 0.1) is 5.92 Å². The lowest BCUT2D eigenvalue weighted by Gasteiger charge is -2.22. The molecule has 0 amide bonds. The summed E-state index contributed by atoms with van der Waals surface area (Å²) < 4.78 is 5.47. The van der Waals surface area contributed by atoms with Gasteiger partial charge in [-0.15, -0.1) is 0 Å². The van der Waals surface area contributed by atoms with E-state index >= 15 is 0 Å². The van der Waals surface area contributed by atoms with Crippen LogP contribution >= 0.6 is 0 Å². The predicted molar refractivity (Wildman–Crippen MR) is 53.9 cm³/mol. The van der Waals surface area contributed by atoms with Crippen LogP contribution in [0.5, 0.6) is 0 Å². The maximum atomic E-state index is 11.7. The molecule has 80 valence electrons.